The van der Waals surface area contributed by atoms with Crippen LogP contribution >= 0.6 is 0 Å². The van der Waals surface area contributed by atoms with Crippen LogP contribution in [0.15, 0.2) is 158 Å². The molecule has 2 atom stereocenters. The lowest BCUT2D eigenvalue weighted by Gasteiger charge is -2.51. The predicted octanol–water partition coefficient (Wildman–Crippen LogP) is 17.5. The van der Waals surface area contributed by atoms with Crippen LogP contribution in [0.1, 0.15) is 153 Å². The zero-order valence-electron chi connectivity index (χ0n) is 48.3. The summed E-state index contributed by atoms with van der Waals surface area (Å²) in [5, 5.41) is 0. The zero-order chi connectivity index (χ0) is 53.8. The number of benzene rings is 8. The summed E-state index contributed by atoms with van der Waals surface area (Å²) in [7, 11) is 0. The fourth-order valence-electron chi connectivity index (χ4n) is 13.9. The highest BCUT2D eigenvalue weighted by Crippen LogP contribution is 2.65. The average molecular weight is 996 g/mol. The molecule has 0 fully saturated rings. The molecule has 384 valence electrons. The van der Waals surface area contributed by atoms with E-state index in [1.54, 1.807) is 0 Å². The SMILES string of the molecule is Cc1cc(C)c2c(c1)C1(C)CCc3ccccc3C1(C)N2c1ccc2c(c1)N(c1ccc(C(C)(C)C)cc1)c1cc(C(C)(C)C)cc3c1B2c1ccc(C(C)(C)C)cc1N3c1ccc(C(C)(C)C)cc1-c1ccccc1. The molecule has 8 aromatic carbocycles. The standard InChI is InChI=1S/C72H78BN3/c1-45-38-46(2)66-57(39-45)71(15)37-36-48-24-20-21-25-56(48)72(71,16)76(66)54-32-34-59-62(44-54)74(53-30-26-49(27-31-53)67(3,4)5)63-42-52(70(12,13)14)43-64-65(63)73(59)58-33-28-51(69(9,10)11)41-61(58)75(64)60-35-29-50(68(6,7)8)40-55(60)47-22-18-17-19-23-47/h17-35,38-44H,36-37H2,1-16H3. The van der Waals surface area contributed by atoms with Crippen LogP contribution in [0, 0.1) is 13.8 Å². The van der Waals surface area contributed by atoms with Crippen LogP contribution in [0.2, 0.25) is 0 Å². The molecule has 12 rings (SSSR count). The van der Waals surface area contributed by atoms with Gasteiger partial charge in [-0.15, -0.1) is 0 Å². The minimum absolute atomic E-state index is 0.00871. The Morgan fingerprint density at radius 2 is 0.987 bits per heavy atom. The monoisotopic (exact) mass is 996 g/mol. The van der Waals surface area contributed by atoms with Gasteiger partial charge in [0.15, 0.2) is 0 Å². The lowest BCUT2D eigenvalue weighted by molar-refractivity contribution is 0.245. The Kier molecular flexibility index (Phi) is 11.1. The van der Waals surface area contributed by atoms with Gasteiger partial charge in [0, 0.05) is 50.8 Å². The van der Waals surface area contributed by atoms with E-state index in [-0.39, 0.29) is 39.3 Å². The number of hydrogen-bond donors (Lipinski definition) is 0. The molecule has 1 aliphatic carbocycles. The Morgan fingerprint density at radius 1 is 0.447 bits per heavy atom. The van der Waals surface area contributed by atoms with E-state index in [2.05, 4.69) is 283 Å². The third kappa shape index (κ3) is 7.50. The number of hydrogen-bond acceptors (Lipinski definition) is 3. The summed E-state index contributed by atoms with van der Waals surface area (Å²) >= 11 is 0. The maximum Gasteiger partial charge on any atom is 0.252 e. The summed E-state index contributed by atoms with van der Waals surface area (Å²) < 4.78 is 0. The summed E-state index contributed by atoms with van der Waals surface area (Å²) in [4.78, 5) is 8.10. The predicted molar refractivity (Wildman–Crippen MR) is 328 cm³/mol. The number of anilines is 8. The summed E-state index contributed by atoms with van der Waals surface area (Å²) in [6.07, 6.45) is 2.16. The molecule has 8 aromatic rings. The maximum atomic E-state index is 2.78. The highest BCUT2D eigenvalue weighted by atomic mass is 15.3. The van der Waals surface area contributed by atoms with Gasteiger partial charge in [-0.3, -0.25) is 0 Å². The van der Waals surface area contributed by atoms with Crippen LogP contribution in [-0.4, -0.2) is 6.71 Å². The molecule has 2 unspecified atom stereocenters. The average Bonchev–Trinajstić information content (AvgIpc) is 3.76. The molecule has 0 saturated carbocycles. The Labute approximate surface area is 456 Å². The number of fused-ring (bicyclic) bond motifs is 9. The third-order valence-electron chi connectivity index (χ3n) is 18.4. The number of rotatable bonds is 4. The van der Waals surface area contributed by atoms with E-state index < -0.39 is 0 Å². The van der Waals surface area contributed by atoms with Crippen LogP contribution < -0.4 is 31.1 Å². The molecule has 0 N–H and O–H groups in total. The van der Waals surface area contributed by atoms with Gasteiger partial charge in [0.1, 0.15) is 0 Å². The van der Waals surface area contributed by atoms with Crippen LogP contribution in [0.25, 0.3) is 11.1 Å². The second kappa shape index (κ2) is 16.9. The van der Waals surface area contributed by atoms with Crippen molar-refractivity contribution in [1.29, 1.82) is 0 Å². The molecule has 76 heavy (non-hydrogen) atoms. The molecule has 0 aromatic heterocycles. The van der Waals surface area contributed by atoms with Crippen molar-refractivity contribution in [2.45, 2.75) is 156 Å². The van der Waals surface area contributed by atoms with Crippen molar-refractivity contribution in [3.8, 4) is 11.1 Å². The Balaban J connectivity index is 1.19. The van der Waals surface area contributed by atoms with Crippen molar-refractivity contribution in [3.05, 3.63) is 208 Å². The maximum absolute atomic E-state index is 2.78. The van der Waals surface area contributed by atoms with Crippen LogP contribution in [-0.2, 0) is 39.0 Å². The molecule has 3 nitrogen and oxygen atoms in total. The van der Waals surface area contributed by atoms with Gasteiger partial charge in [-0.2, -0.15) is 0 Å². The first kappa shape index (κ1) is 50.1. The van der Waals surface area contributed by atoms with Crippen molar-refractivity contribution in [2.24, 2.45) is 0 Å². The van der Waals surface area contributed by atoms with E-state index in [1.807, 2.05) is 0 Å². The van der Waals surface area contributed by atoms with Gasteiger partial charge in [-0.25, -0.2) is 0 Å². The molecule has 0 amide bonds. The molecule has 3 heterocycles. The Morgan fingerprint density at radius 3 is 1.64 bits per heavy atom. The van der Waals surface area contributed by atoms with Gasteiger partial charge in [0.05, 0.1) is 11.2 Å². The minimum atomic E-state index is -0.338. The first-order chi connectivity index (χ1) is 35.8. The molecule has 4 heteroatoms. The van der Waals surface area contributed by atoms with Crippen molar-refractivity contribution < 1.29 is 0 Å². The van der Waals surface area contributed by atoms with E-state index in [4.69, 9.17) is 0 Å². The topological polar surface area (TPSA) is 9.72 Å². The van der Waals surface area contributed by atoms with E-state index in [0.717, 1.165) is 12.8 Å². The minimum Gasteiger partial charge on any atom is -0.330 e. The zero-order valence-corrected chi connectivity index (χ0v) is 48.3. The lowest BCUT2D eigenvalue weighted by Crippen LogP contribution is -2.61. The van der Waals surface area contributed by atoms with E-state index >= 15 is 0 Å². The normalized spacial score (nSPS) is 18.7. The quantitative estimate of drug-likeness (QED) is 0.163. The molecular weight excluding hydrogens is 918 g/mol. The van der Waals surface area contributed by atoms with Crippen LogP contribution in [0.4, 0.5) is 45.5 Å². The molecule has 0 saturated heterocycles. The van der Waals surface area contributed by atoms with Gasteiger partial charge in [-0.1, -0.05) is 199 Å². The van der Waals surface area contributed by atoms with E-state index in [1.165, 1.54) is 123 Å². The molecule has 4 aliphatic rings. The molecule has 0 bridgehead atoms. The van der Waals surface area contributed by atoms with Crippen molar-refractivity contribution in [3.63, 3.8) is 0 Å². The van der Waals surface area contributed by atoms with E-state index in [0.29, 0.717) is 0 Å². The number of nitrogens with zero attached hydrogens (tertiary/aromatic N) is 3. The van der Waals surface area contributed by atoms with Gasteiger partial charge in [0.2, 0.25) is 0 Å². The first-order valence-corrected chi connectivity index (χ1v) is 28.2. The first-order valence-electron chi connectivity index (χ1n) is 28.2. The van der Waals surface area contributed by atoms with Gasteiger partial charge in [0.25, 0.3) is 6.71 Å². The van der Waals surface area contributed by atoms with Crippen LogP contribution in [0.5, 0.6) is 0 Å². The second-order valence-electron chi connectivity index (χ2n) is 27.6. The van der Waals surface area contributed by atoms with E-state index in [9.17, 15) is 0 Å². The Hall–Kier alpha value is -6.78. The molecule has 3 aliphatic heterocycles. The summed E-state index contributed by atoms with van der Waals surface area (Å²) in [5.41, 5.74) is 28.0. The van der Waals surface area contributed by atoms with Crippen molar-refractivity contribution in [2.75, 3.05) is 14.7 Å². The smallest absolute Gasteiger partial charge is 0.252 e. The summed E-state index contributed by atoms with van der Waals surface area (Å²) in [5.74, 6) is 0. The van der Waals surface area contributed by atoms with Gasteiger partial charge in [-0.05, 0) is 176 Å². The van der Waals surface area contributed by atoms with Crippen LogP contribution in [0.3, 0.4) is 0 Å². The van der Waals surface area contributed by atoms with Crippen molar-refractivity contribution >= 4 is 68.6 Å². The highest BCUT2D eigenvalue weighted by molar-refractivity contribution is 7.00. The highest BCUT2D eigenvalue weighted by Gasteiger charge is 2.60. The largest absolute Gasteiger partial charge is 0.330 e. The van der Waals surface area contributed by atoms with Crippen molar-refractivity contribution in [1.82, 2.24) is 0 Å². The Bertz CT molecular complexity index is 3650. The summed E-state index contributed by atoms with van der Waals surface area (Å²) in [6, 6.07) is 62.3. The third-order valence-corrected chi connectivity index (χ3v) is 18.4. The fourth-order valence-corrected chi connectivity index (χ4v) is 13.9. The summed E-state index contributed by atoms with van der Waals surface area (Å²) in [6.45, 7) is 37.9. The molecular formula is C72H78BN3. The van der Waals surface area contributed by atoms with Gasteiger partial charge < -0.3 is 14.7 Å². The van der Waals surface area contributed by atoms with Gasteiger partial charge >= 0.3 is 0 Å². The number of aryl methyl sites for hydroxylation is 3. The lowest BCUT2D eigenvalue weighted by atomic mass is 9.33. The fraction of sp³-hybridized carbons (Fsp3) is 0.333. The molecule has 0 radical (unpaired) electrons. The second-order valence-corrected chi connectivity index (χ2v) is 27.6. The molecule has 0 spiro atoms.